The average Bonchev–Trinajstić information content (AvgIpc) is 1.97. The number of rotatable bonds is 4. The molecule has 0 amide bonds. The van der Waals surface area contributed by atoms with Crippen molar-refractivity contribution in [2.45, 2.75) is 13.8 Å². The highest BCUT2D eigenvalue weighted by molar-refractivity contribution is 6.46. The van der Waals surface area contributed by atoms with Crippen LogP contribution in [0.5, 0.6) is 0 Å². The van der Waals surface area contributed by atoms with Crippen molar-refractivity contribution < 1.29 is 8.85 Å². The standard InChI is InChI=1S/C6H10O2Si2/c1-3-7-9-5-6-10-8-4-2/h3-4H2,1-2H3. The van der Waals surface area contributed by atoms with Crippen molar-refractivity contribution >= 4 is 19.5 Å². The van der Waals surface area contributed by atoms with Gasteiger partial charge in [0.25, 0.3) is 0 Å². The van der Waals surface area contributed by atoms with Crippen molar-refractivity contribution in [3.63, 3.8) is 0 Å². The Morgan fingerprint density at radius 1 is 1.00 bits per heavy atom. The highest BCUT2D eigenvalue weighted by Crippen LogP contribution is 1.67. The zero-order chi connectivity index (χ0) is 7.66. The molecule has 4 radical (unpaired) electrons. The van der Waals surface area contributed by atoms with Crippen molar-refractivity contribution in [3.05, 3.63) is 0 Å². The first-order valence-electron chi connectivity index (χ1n) is 3.15. The van der Waals surface area contributed by atoms with Crippen LogP contribution in [0.25, 0.3) is 0 Å². The van der Waals surface area contributed by atoms with Gasteiger partial charge in [0.1, 0.15) is 0 Å². The Bertz CT molecular complexity index is 105. The lowest BCUT2D eigenvalue weighted by Crippen LogP contribution is -1.97. The lowest BCUT2D eigenvalue weighted by Gasteiger charge is -1.87. The van der Waals surface area contributed by atoms with Crippen molar-refractivity contribution in [2.75, 3.05) is 13.2 Å². The zero-order valence-corrected chi connectivity index (χ0v) is 8.23. The largest absolute Gasteiger partial charge is 0.405 e. The molecule has 0 atom stereocenters. The molecule has 0 aliphatic rings. The van der Waals surface area contributed by atoms with Crippen LogP contribution in [0.4, 0.5) is 0 Å². The fourth-order valence-corrected chi connectivity index (χ4v) is 1.11. The number of hydrogen-bond acceptors (Lipinski definition) is 2. The quantitative estimate of drug-likeness (QED) is 0.341. The first-order chi connectivity index (χ1) is 4.91. The summed E-state index contributed by atoms with van der Waals surface area (Å²) in [4.78, 5) is 0. The molecule has 0 saturated heterocycles. The van der Waals surface area contributed by atoms with Gasteiger partial charge in [0.05, 0.1) is 0 Å². The smallest absolute Gasteiger partial charge is 0.332 e. The fourth-order valence-electron chi connectivity index (χ4n) is 0.268. The van der Waals surface area contributed by atoms with E-state index in [1.54, 1.807) is 0 Å². The molecular weight excluding hydrogens is 160 g/mol. The maximum atomic E-state index is 5.02. The predicted molar refractivity (Wildman–Crippen MR) is 42.5 cm³/mol. The van der Waals surface area contributed by atoms with Gasteiger partial charge in [-0.1, -0.05) is 0 Å². The van der Waals surface area contributed by atoms with Crippen LogP contribution in [-0.2, 0) is 8.85 Å². The molecule has 0 heterocycles. The molecule has 2 nitrogen and oxygen atoms in total. The molecule has 10 heavy (non-hydrogen) atoms. The van der Waals surface area contributed by atoms with Crippen molar-refractivity contribution in [1.29, 1.82) is 0 Å². The topological polar surface area (TPSA) is 18.5 Å². The van der Waals surface area contributed by atoms with Crippen LogP contribution in [-0.4, -0.2) is 32.7 Å². The van der Waals surface area contributed by atoms with Gasteiger partial charge < -0.3 is 8.85 Å². The minimum absolute atomic E-state index is 0.309. The summed E-state index contributed by atoms with van der Waals surface area (Å²) in [6, 6.07) is 0. The van der Waals surface area contributed by atoms with Gasteiger partial charge in [-0.15, -0.1) is 11.1 Å². The van der Waals surface area contributed by atoms with Crippen LogP contribution >= 0.6 is 0 Å². The fraction of sp³-hybridized carbons (Fsp3) is 0.667. The molecule has 0 aliphatic heterocycles. The van der Waals surface area contributed by atoms with Gasteiger partial charge in [0, 0.05) is 13.2 Å². The monoisotopic (exact) mass is 170 g/mol. The van der Waals surface area contributed by atoms with E-state index in [9.17, 15) is 0 Å². The maximum absolute atomic E-state index is 5.02. The molecule has 0 N–H and O–H groups in total. The van der Waals surface area contributed by atoms with Gasteiger partial charge in [-0.05, 0) is 13.8 Å². The SMILES string of the molecule is CCO[Si]C#C[Si]OCC. The van der Waals surface area contributed by atoms with Gasteiger partial charge in [-0.2, -0.15) is 0 Å². The second kappa shape index (κ2) is 8.91. The zero-order valence-electron chi connectivity index (χ0n) is 6.23. The molecule has 0 bridgehead atoms. The highest BCUT2D eigenvalue weighted by atomic mass is 28.2. The van der Waals surface area contributed by atoms with Gasteiger partial charge in [0.15, 0.2) is 0 Å². The highest BCUT2D eigenvalue weighted by Gasteiger charge is 1.81. The Kier molecular flexibility index (Phi) is 8.84. The van der Waals surface area contributed by atoms with Gasteiger partial charge in [-0.25, -0.2) is 0 Å². The minimum atomic E-state index is 0.309. The molecule has 0 aromatic heterocycles. The van der Waals surface area contributed by atoms with Crippen LogP contribution in [0.3, 0.4) is 0 Å². The lowest BCUT2D eigenvalue weighted by atomic mass is 10.9. The molecule has 0 rings (SSSR count). The minimum Gasteiger partial charge on any atom is -0.405 e. The van der Waals surface area contributed by atoms with Crippen molar-refractivity contribution in [3.8, 4) is 11.1 Å². The Labute approximate surface area is 67.2 Å². The summed E-state index contributed by atoms with van der Waals surface area (Å²) in [5.41, 5.74) is 5.73. The first kappa shape index (κ1) is 9.91. The van der Waals surface area contributed by atoms with Gasteiger partial charge >= 0.3 is 19.5 Å². The van der Waals surface area contributed by atoms with Gasteiger partial charge in [-0.3, -0.25) is 0 Å². The summed E-state index contributed by atoms with van der Waals surface area (Å²) in [6.45, 7) is 5.40. The molecule has 0 aromatic carbocycles. The van der Waals surface area contributed by atoms with Crippen LogP contribution in [0.2, 0.25) is 0 Å². The van der Waals surface area contributed by atoms with E-state index in [0.717, 1.165) is 13.2 Å². The molecule has 54 valence electrons. The van der Waals surface area contributed by atoms with E-state index in [-0.39, 0.29) is 0 Å². The molecule has 0 fully saturated rings. The van der Waals surface area contributed by atoms with E-state index in [2.05, 4.69) is 11.1 Å². The molecular formula is C6H10O2Si2. The third-order valence-corrected chi connectivity index (χ3v) is 2.17. The maximum Gasteiger partial charge on any atom is 0.332 e. The van der Waals surface area contributed by atoms with E-state index in [1.165, 1.54) is 0 Å². The van der Waals surface area contributed by atoms with Crippen LogP contribution in [0.1, 0.15) is 13.8 Å². The molecule has 0 aromatic rings. The van der Waals surface area contributed by atoms with E-state index in [1.807, 2.05) is 13.8 Å². The summed E-state index contributed by atoms with van der Waals surface area (Å²) in [5, 5.41) is 0. The van der Waals surface area contributed by atoms with E-state index < -0.39 is 0 Å². The Morgan fingerprint density at radius 2 is 1.40 bits per heavy atom. The summed E-state index contributed by atoms with van der Waals surface area (Å²) in [5.74, 6) is 0. The van der Waals surface area contributed by atoms with Crippen LogP contribution in [0.15, 0.2) is 0 Å². The van der Waals surface area contributed by atoms with E-state index in [4.69, 9.17) is 8.85 Å². The molecule has 0 unspecified atom stereocenters. The summed E-state index contributed by atoms with van der Waals surface area (Å²) in [7, 11) is 0.619. The van der Waals surface area contributed by atoms with Crippen LogP contribution in [0, 0.1) is 11.1 Å². The Morgan fingerprint density at radius 3 is 1.70 bits per heavy atom. The van der Waals surface area contributed by atoms with Gasteiger partial charge in [0.2, 0.25) is 0 Å². The third kappa shape index (κ3) is 7.91. The van der Waals surface area contributed by atoms with E-state index >= 15 is 0 Å². The number of hydrogen-bond donors (Lipinski definition) is 0. The normalized spacial score (nSPS) is 8.60. The molecule has 0 aliphatic carbocycles. The summed E-state index contributed by atoms with van der Waals surface area (Å²) in [6.07, 6.45) is 0. The molecule has 0 spiro atoms. The molecule has 4 heteroatoms. The third-order valence-electron chi connectivity index (χ3n) is 0.598. The predicted octanol–water partition coefficient (Wildman–Crippen LogP) is 0.216. The van der Waals surface area contributed by atoms with Crippen molar-refractivity contribution in [1.82, 2.24) is 0 Å². The lowest BCUT2D eigenvalue weighted by molar-refractivity contribution is 0.366. The Balaban J connectivity index is 2.98. The van der Waals surface area contributed by atoms with E-state index in [0.29, 0.717) is 19.5 Å². The average molecular weight is 170 g/mol. The van der Waals surface area contributed by atoms with Crippen molar-refractivity contribution in [2.24, 2.45) is 0 Å². The van der Waals surface area contributed by atoms with Crippen LogP contribution < -0.4 is 0 Å². The summed E-state index contributed by atoms with van der Waals surface area (Å²) < 4.78 is 10.0. The second-order valence-electron chi connectivity index (χ2n) is 1.32. The molecule has 0 saturated carbocycles. The summed E-state index contributed by atoms with van der Waals surface area (Å²) >= 11 is 0. The Hall–Kier alpha value is -0.0862. The second-order valence-corrected chi connectivity index (χ2v) is 2.81. The first-order valence-corrected chi connectivity index (χ1v) is 4.97.